The van der Waals surface area contributed by atoms with Gasteiger partial charge in [-0.25, -0.2) is 0 Å². The van der Waals surface area contributed by atoms with E-state index in [4.69, 9.17) is 22.1 Å². The molecule has 0 spiro atoms. The molecule has 0 saturated carbocycles. The first kappa shape index (κ1) is 12.7. The van der Waals surface area contributed by atoms with Crippen molar-refractivity contribution in [2.75, 3.05) is 18.0 Å². The molecule has 0 unspecified atom stereocenters. The van der Waals surface area contributed by atoms with Crippen molar-refractivity contribution in [3.8, 4) is 0 Å². The van der Waals surface area contributed by atoms with Gasteiger partial charge in [-0.1, -0.05) is 17.7 Å². The molecular formula is C13H19ClN2O. The molecule has 0 radical (unpaired) electrons. The summed E-state index contributed by atoms with van der Waals surface area (Å²) in [6.07, 6.45) is 0.480. The zero-order chi connectivity index (χ0) is 12.4. The largest absolute Gasteiger partial charge is 0.372 e. The van der Waals surface area contributed by atoms with Gasteiger partial charge in [-0.3, -0.25) is 0 Å². The van der Waals surface area contributed by atoms with Gasteiger partial charge in [0.05, 0.1) is 22.9 Å². The second-order valence-corrected chi connectivity index (χ2v) is 5.06. The van der Waals surface area contributed by atoms with E-state index in [1.165, 1.54) is 0 Å². The van der Waals surface area contributed by atoms with Gasteiger partial charge in [0.1, 0.15) is 0 Å². The Morgan fingerprint density at radius 3 is 2.53 bits per heavy atom. The minimum absolute atomic E-state index is 0.240. The quantitative estimate of drug-likeness (QED) is 0.881. The molecule has 17 heavy (non-hydrogen) atoms. The summed E-state index contributed by atoms with van der Waals surface area (Å²) in [4.78, 5) is 2.28. The summed E-state index contributed by atoms with van der Waals surface area (Å²) in [5.41, 5.74) is 7.74. The highest BCUT2D eigenvalue weighted by atomic mass is 35.5. The van der Waals surface area contributed by atoms with E-state index in [0.717, 1.165) is 29.4 Å². The molecule has 2 rings (SSSR count). The fraction of sp³-hybridized carbons (Fsp3) is 0.538. The molecule has 2 atom stereocenters. The Balaban J connectivity index is 2.21. The molecule has 3 nitrogen and oxygen atoms in total. The third-order valence-electron chi connectivity index (χ3n) is 3.01. The Hall–Kier alpha value is -0.770. The number of ether oxygens (including phenoxy) is 1. The molecule has 0 amide bonds. The van der Waals surface area contributed by atoms with Crippen LogP contribution < -0.4 is 10.6 Å². The van der Waals surface area contributed by atoms with E-state index < -0.39 is 0 Å². The number of anilines is 1. The van der Waals surface area contributed by atoms with Crippen LogP contribution in [-0.2, 0) is 11.3 Å². The summed E-state index contributed by atoms with van der Waals surface area (Å²) in [5, 5.41) is 0.772. The third kappa shape index (κ3) is 2.92. The van der Waals surface area contributed by atoms with Gasteiger partial charge in [-0.05, 0) is 31.5 Å². The van der Waals surface area contributed by atoms with Gasteiger partial charge in [-0.15, -0.1) is 0 Å². The molecule has 0 bridgehead atoms. The standard InChI is InChI=1S/C13H19ClN2O/c1-9-7-16(8-10(2)17-9)13-4-3-11(6-15)5-12(13)14/h3-5,9-10H,6-8,15H2,1-2H3/t9-,10+. The first-order chi connectivity index (χ1) is 8.10. The Morgan fingerprint density at radius 2 is 2.00 bits per heavy atom. The lowest BCUT2D eigenvalue weighted by Crippen LogP contribution is -2.45. The molecule has 1 aliphatic rings. The number of hydrogen-bond acceptors (Lipinski definition) is 3. The van der Waals surface area contributed by atoms with E-state index in [2.05, 4.69) is 24.8 Å². The molecule has 1 aromatic carbocycles. The molecule has 1 aliphatic heterocycles. The summed E-state index contributed by atoms with van der Waals surface area (Å²) in [6, 6.07) is 6.03. The van der Waals surface area contributed by atoms with Crippen LogP contribution in [0.5, 0.6) is 0 Å². The van der Waals surface area contributed by atoms with Gasteiger partial charge in [0.15, 0.2) is 0 Å². The van der Waals surface area contributed by atoms with E-state index in [1.54, 1.807) is 0 Å². The highest BCUT2D eigenvalue weighted by Gasteiger charge is 2.23. The molecule has 0 aliphatic carbocycles. The maximum atomic E-state index is 6.30. The van der Waals surface area contributed by atoms with Crippen LogP contribution in [0.4, 0.5) is 5.69 Å². The molecule has 1 saturated heterocycles. The predicted octanol–water partition coefficient (Wildman–Crippen LogP) is 2.41. The highest BCUT2D eigenvalue weighted by Crippen LogP contribution is 2.29. The predicted molar refractivity (Wildman–Crippen MR) is 71.6 cm³/mol. The van der Waals surface area contributed by atoms with Gasteiger partial charge in [0.25, 0.3) is 0 Å². The van der Waals surface area contributed by atoms with Gasteiger partial charge in [0.2, 0.25) is 0 Å². The Morgan fingerprint density at radius 1 is 1.35 bits per heavy atom. The van der Waals surface area contributed by atoms with E-state index in [0.29, 0.717) is 6.54 Å². The van der Waals surface area contributed by atoms with Crippen LogP contribution in [0.25, 0.3) is 0 Å². The highest BCUT2D eigenvalue weighted by molar-refractivity contribution is 6.33. The molecule has 94 valence electrons. The van der Waals surface area contributed by atoms with E-state index >= 15 is 0 Å². The smallest absolute Gasteiger partial charge is 0.0726 e. The minimum Gasteiger partial charge on any atom is -0.372 e. The van der Waals surface area contributed by atoms with Crippen molar-refractivity contribution < 1.29 is 4.74 Å². The van der Waals surface area contributed by atoms with E-state index in [-0.39, 0.29) is 12.2 Å². The summed E-state index contributed by atoms with van der Waals surface area (Å²) in [6.45, 7) is 6.46. The molecule has 2 N–H and O–H groups in total. The maximum Gasteiger partial charge on any atom is 0.0726 e. The van der Waals surface area contributed by atoms with Crippen LogP contribution in [0.2, 0.25) is 5.02 Å². The zero-order valence-electron chi connectivity index (χ0n) is 10.3. The second-order valence-electron chi connectivity index (χ2n) is 4.65. The molecule has 1 heterocycles. The average molecular weight is 255 g/mol. The van der Waals surface area contributed by atoms with Crippen LogP contribution >= 0.6 is 11.6 Å². The fourth-order valence-electron chi connectivity index (χ4n) is 2.31. The summed E-state index contributed by atoms with van der Waals surface area (Å²) >= 11 is 6.30. The van der Waals surface area contributed by atoms with Gasteiger partial charge < -0.3 is 15.4 Å². The molecule has 1 aromatic rings. The topological polar surface area (TPSA) is 38.5 Å². The minimum atomic E-state index is 0.240. The number of halogens is 1. The zero-order valence-corrected chi connectivity index (χ0v) is 11.1. The third-order valence-corrected chi connectivity index (χ3v) is 3.31. The summed E-state index contributed by atoms with van der Waals surface area (Å²) < 4.78 is 5.72. The van der Waals surface area contributed by atoms with Crippen LogP contribution in [0.3, 0.4) is 0 Å². The first-order valence-corrected chi connectivity index (χ1v) is 6.37. The lowest BCUT2D eigenvalue weighted by Gasteiger charge is -2.37. The second kappa shape index (κ2) is 5.25. The number of rotatable bonds is 2. The summed E-state index contributed by atoms with van der Waals surface area (Å²) in [7, 11) is 0. The van der Waals surface area contributed by atoms with Crippen molar-refractivity contribution in [1.29, 1.82) is 0 Å². The average Bonchev–Trinajstić information content (AvgIpc) is 2.27. The number of benzene rings is 1. The van der Waals surface area contributed by atoms with Crippen LogP contribution in [0.1, 0.15) is 19.4 Å². The van der Waals surface area contributed by atoms with Crippen LogP contribution in [0.15, 0.2) is 18.2 Å². The molecule has 4 heteroatoms. The Bertz CT molecular complexity index is 387. The van der Waals surface area contributed by atoms with Crippen LogP contribution in [0, 0.1) is 0 Å². The van der Waals surface area contributed by atoms with Crippen LogP contribution in [-0.4, -0.2) is 25.3 Å². The number of morpholine rings is 1. The normalized spacial score (nSPS) is 25.1. The number of nitrogens with zero attached hydrogens (tertiary/aromatic N) is 1. The van der Waals surface area contributed by atoms with Crippen molar-refractivity contribution in [3.05, 3.63) is 28.8 Å². The monoisotopic (exact) mass is 254 g/mol. The lowest BCUT2D eigenvalue weighted by atomic mass is 10.1. The van der Waals surface area contributed by atoms with E-state index in [9.17, 15) is 0 Å². The Labute approximate surface area is 107 Å². The number of hydrogen-bond donors (Lipinski definition) is 1. The van der Waals surface area contributed by atoms with Crippen molar-refractivity contribution in [1.82, 2.24) is 0 Å². The van der Waals surface area contributed by atoms with Gasteiger partial charge in [0, 0.05) is 19.6 Å². The molecular weight excluding hydrogens is 236 g/mol. The van der Waals surface area contributed by atoms with Crippen molar-refractivity contribution in [2.24, 2.45) is 5.73 Å². The SMILES string of the molecule is C[C@@H]1CN(c2ccc(CN)cc2Cl)C[C@H](C)O1. The van der Waals surface area contributed by atoms with Crippen molar-refractivity contribution in [3.63, 3.8) is 0 Å². The molecule has 0 aromatic heterocycles. The Kier molecular flexibility index (Phi) is 3.92. The summed E-state index contributed by atoms with van der Waals surface area (Å²) in [5.74, 6) is 0. The van der Waals surface area contributed by atoms with Crippen molar-refractivity contribution >= 4 is 17.3 Å². The van der Waals surface area contributed by atoms with Gasteiger partial charge >= 0.3 is 0 Å². The van der Waals surface area contributed by atoms with Gasteiger partial charge in [-0.2, -0.15) is 0 Å². The maximum absolute atomic E-state index is 6.30. The van der Waals surface area contributed by atoms with E-state index in [1.807, 2.05) is 12.1 Å². The lowest BCUT2D eigenvalue weighted by molar-refractivity contribution is -0.00520. The number of nitrogens with two attached hydrogens (primary N) is 1. The first-order valence-electron chi connectivity index (χ1n) is 5.99. The fourth-order valence-corrected chi connectivity index (χ4v) is 2.63. The molecule has 1 fully saturated rings. The van der Waals surface area contributed by atoms with Crippen molar-refractivity contribution in [2.45, 2.75) is 32.6 Å².